The van der Waals surface area contributed by atoms with E-state index in [-0.39, 0.29) is 12.0 Å². The molecule has 4 heteroatoms. The van der Waals surface area contributed by atoms with Crippen molar-refractivity contribution in [3.8, 4) is 11.3 Å². The maximum absolute atomic E-state index is 12.3. The first-order valence-electron chi connectivity index (χ1n) is 7.62. The number of methoxy groups -OCH3 is 1. The van der Waals surface area contributed by atoms with Crippen LogP contribution < -0.4 is 0 Å². The van der Waals surface area contributed by atoms with Crippen LogP contribution in [0.4, 0.5) is 0 Å². The van der Waals surface area contributed by atoms with Crippen molar-refractivity contribution in [3.63, 3.8) is 0 Å². The summed E-state index contributed by atoms with van der Waals surface area (Å²) in [6.45, 7) is 7.26. The van der Waals surface area contributed by atoms with Crippen LogP contribution in [0.1, 0.15) is 43.0 Å². The molecule has 0 spiro atoms. The van der Waals surface area contributed by atoms with Gasteiger partial charge in [0, 0.05) is 25.8 Å². The summed E-state index contributed by atoms with van der Waals surface area (Å²) >= 11 is 0. The molecule has 1 aromatic carbocycles. The van der Waals surface area contributed by atoms with Crippen LogP contribution in [0.15, 0.2) is 40.8 Å². The second-order valence-corrected chi connectivity index (χ2v) is 5.14. The molecule has 0 fully saturated rings. The maximum atomic E-state index is 12.3. The molecular weight excluding hydrogens is 278 g/mol. The van der Waals surface area contributed by atoms with Gasteiger partial charge in [-0.15, -0.1) is 0 Å². The van der Waals surface area contributed by atoms with Crippen LogP contribution in [0.5, 0.6) is 0 Å². The molecule has 2 aromatic rings. The van der Waals surface area contributed by atoms with Crippen LogP contribution in [-0.4, -0.2) is 31.0 Å². The van der Waals surface area contributed by atoms with Crippen LogP contribution in [0, 0.1) is 0 Å². The Labute approximate surface area is 131 Å². The lowest BCUT2D eigenvalue weighted by Gasteiger charge is -2.16. The van der Waals surface area contributed by atoms with Crippen LogP contribution in [-0.2, 0) is 4.74 Å². The third-order valence-corrected chi connectivity index (χ3v) is 3.86. The Morgan fingerprint density at radius 1 is 1.23 bits per heavy atom. The SMILES string of the molecule is CCN(CC)C(=O)c1ccc(-c2cccc([C@@H](C)OC)c2)o1. The predicted molar refractivity (Wildman–Crippen MR) is 86.8 cm³/mol. The van der Waals surface area contributed by atoms with E-state index < -0.39 is 0 Å². The molecule has 0 aliphatic carbocycles. The van der Waals surface area contributed by atoms with Crippen molar-refractivity contribution in [1.82, 2.24) is 4.90 Å². The summed E-state index contributed by atoms with van der Waals surface area (Å²) in [6.07, 6.45) is 0.0201. The second kappa shape index (κ2) is 7.27. The van der Waals surface area contributed by atoms with E-state index in [0.717, 1.165) is 11.1 Å². The fourth-order valence-electron chi connectivity index (χ4n) is 2.36. The first-order chi connectivity index (χ1) is 10.6. The van der Waals surface area contributed by atoms with Crippen molar-refractivity contribution in [1.29, 1.82) is 0 Å². The Hall–Kier alpha value is -2.07. The fraction of sp³-hybridized carbons (Fsp3) is 0.389. The van der Waals surface area contributed by atoms with Crippen LogP contribution in [0.25, 0.3) is 11.3 Å². The smallest absolute Gasteiger partial charge is 0.289 e. The van der Waals surface area contributed by atoms with E-state index in [1.807, 2.05) is 51.1 Å². The summed E-state index contributed by atoms with van der Waals surface area (Å²) in [4.78, 5) is 14.0. The van der Waals surface area contributed by atoms with Crippen LogP contribution >= 0.6 is 0 Å². The van der Waals surface area contributed by atoms with Crippen LogP contribution in [0.2, 0.25) is 0 Å². The highest BCUT2D eigenvalue weighted by molar-refractivity contribution is 5.92. The Morgan fingerprint density at radius 3 is 2.59 bits per heavy atom. The van der Waals surface area contributed by atoms with Crippen molar-refractivity contribution < 1.29 is 13.9 Å². The molecule has 4 nitrogen and oxygen atoms in total. The quantitative estimate of drug-likeness (QED) is 0.805. The van der Waals surface area contributed by atoms with Gasteiger partial charge >= 0.3 is 0 Å². The van der Waals surface area contributed by atoms with Crippen molar-refractivity contribution in [2.45, 2.75) is 26.9 Å². The third-order valence-electron chi connectivity index (χ3n) is 3.86. The van der Waals surface area contributed by atoms with E-state index in [0.29, 0.717) is 24.6 Å². The molecule has 0 saturated heterocycles. The average Bonchev–Trinajstić information content (AvgIpc) is 3.05. The van der Waals surface area contributed by atoms with Crippen molar-refractivity contribution in [3.05, 3.63) is 47.7 Å². The van der Waals surface area contributed by atoms with E-state index in [1.165, 1.54) is 0 Å². The topological polar surface area (TPSA) is 42.7 Å². The Bertz CT molecular complexity index is 629. The predicted octanol–water partition coefficient (Wildman–Crippen LogP) is 4.14. The summed E-state index contributed by atoms with van der Waals surface area (Å²) in [5, 5.41) is 0. The molecule has 22 heavy (non-hydrogen) atoms. The lowest BCUT2D eigenvalue weighted by Crippen LogP contribution is -2.30. The zero-order valence-corrected chi connectivity index (χ0v) is 13.6. The number of ether oxygens (including phenoxy) is 1. The largest absolute Gasteiger partial charge is 0.451 e. The molecule has 1 atom stereocenters. The van der Waals surface area contributed by atoms with E-state index in [4.69, 9.17) is 9.15 Å². The van der Waals surface area contributed by atoms with Gasteiger partial charge in [0.1, 0.15) is 5.76 Å². The van der Waals surface area contributed by atoms with Crippen molar-refractivity contribution >= 4 is 5.91 Å². The number of hydrogen-bond donors (Lipinski definition) is 0. The summed E-state index contributed by atoms with van der Waals surface area (Å²) in [5.41, 5.74) is 2.02. The lowest BCUT2D eigenvalue weighted by molar-refractivity contribution is 0.0742. The molecule has 0 unspecified atom stereocenters. The number of benzene rings is 1. The monoisotopic (exact) mass is 301 g/mol. The number of carbonyl (C=O) groups excluding carboxylic acids is 1. The maximum Gasteiger partial charge on any atom is 0.289 e. The molecule has 118 valence electrons. The average molecular weight is 301 g/mol. The Balaban J connectivity index is 2.26. The number of carbonyl (C=O) groups is 1. The van der Waals surface area contributed by atoms with E-state index in [2.05, 4.69) is 0 Å². The van der Waals surface area contributed by atoms with Gasteiger partial charge < -0.3 is 14.1 Å². The summed E-state index contributed by atoms with van der Waals surface area (Å²) in [7, 11) is 1.69. The van der Waals surface area contributed by atoms with Gasteiger partial charge in [0.2, 0.25) is 0 Å². The lowest BCUT2D eigenvalue weighted by atomic mass is 10.1. The minimum absolute atomic E-state index is 0.0201. The van der Waals surface area contributed by atoms with E-state index >= 15 is 0 Å². The summed E-state index contributed by atoms with van der Waals surface area (Å²) in [5.74, 6) is 1.00. The van der Waals surface area contributed by atoms with Crippen LogP contribution in [0.3, 0.4) is 0 Å². The highest BCUT2D eigenvalue weighted by atomic mass is 16.5. The number of furan rings is 1. The van der Waals surface area contributed by atoms with Crippen molar-refractivity contribution in [2.24, 2.45) is 0 Å². The van der Waals surface area contributed by atoms with Gasteiger partial charge in [0.15, 0.2) is 5.76 Å². The molecule has 0 bridgehead atoms. The first kappa shape index (κ1) is 16.3. The Morgan fingerprint density at radius 2 is 1.95 bits per heavy atom. The molecule has 1 heterocycles. The zero-order valence-electron chi connectivity index (χ0n) is 13.6. The van der Waals surface area contributed by atoms with Gasteiger partial charge in [-0.25, -0.2) is 0 Å². The Kier molecular flexibility index (Phi) is 5.39. The van der Waals surface area contributed by atoms with E-state index in [9.17, 15) is 4.79 Å². The molecule has 0 saturated carbocycles. The van der Waals surface area contributed by atoms with Gasteiger partial charge in [-0.2, -0.15) is 0 Å². The summed E-state index contributed by atoms with van der Waals surface area (Å²) in [6, 6.07) is 11.6. The minimum Gasteiger partial charge on any atom is -0.451 e. The number of rotatable bonds is 6. The van der Waals surface area contributed by atoms with Gasteiger partial charge in [-0.05, 0) is 44.5 Å². The van der Waals surface area contributed by atoms with Gasteiger partial charge in [-0.1, -0.05) is 18.2 Å². The van der Waals surface area contributed by atoms with Crippen molar-refractivity contribution in [2.75, 3.05) is 20.2 Å². The highest BCUT2D eigenvalue weighted by Crippen LogP contribution is 2.26. The number of nitrogens with zero attached hydrogens (tertiary/aromatic N) is 1. The fourth-order valence-corrected chi connectivity index (χ4v) is 2.36. The number of hydrogen-bond acceptors (Lipinski definition) is 3. The van der Waals surface area contributed by atoms with E-state index in [1.54, 1.807) is 18.1 Å². The standard InChI is InChI=1S/C18H23NO3/c1-5-19(6-2)18(20)17-11-10-16(22-17)15-9-7-8-14(12-15)13(3)21-4/h7-13H,5-6H2,1-4H3/t13-/m1/s1. The molecule has 0 N–H and O–H groups in total. The first-order valence-corrected chi connectivity index (χ1v) is 7.62. The normalized spacial score (nSPS) is 12.2. The second-order valence-electron chi connectivity index (χ2n) is 5.14. The number of amides is 1. The van der Waals surface area contributed by atoms with Gasteiger partial charge in [0.05, 0.1) is 6.10 Å². The molecule has 1 amide bonds. The molecule has 0 radical (unpaired) electrons. The molecular formula is C18H23NO3. The summed E-state index contributed by atoms with van der Waals surface area (Å²) < 4.78 is 11.1. The highest BCUT2D eigenvalue weighted by Gasteiger charge is 2.17. The van der Waals surface area contributed by atoms with Gasteiger partial charge in [0.25, 0.3) is 5.91 Å². The minimum atomic E-state index is -0.0716. The third kappa shape index (κ3) is 3.39. The molecule has 1 aromatic heterocycles. The molecule has 0 aliphatic heterocycles. The molecule has 0 aliphatic rings. The van der Waals surface area contributed by atoms with Gasteiger partial charge in [-0.3, -0.25) is 4.79 Å². The molecule has 2 rings (SSSR count). The zero-order chi connectivity index (χ0) is 16.1.